The van der Waals surface area contributed by atoms with Gasteiger partial charge in [0.2, 0.25) is 5.91 Å². The van der Waals surface area contributed by atoms with Crippen LogP contribution in [0.15, 0.2) is 53.1 Å². The number of aromatic nitrogens is 2. The van der Waals surface area contributed by atoms with E-state index in [4.69, 9.17) is 4.52 Å². The van der Waals surface area contributed by atoms with Crippen LogP contribution in [-0.4, -0.2) is 27.5 Å². The smallest absolute Gasteiger partial charge is 0.338 e. The molecular formula is C22H20F3N3O2. The molecule has 4 rings (SSSR count). The topological polar surface area (TPSA) is 59.2 Å². The van der Waals surface area contributed by atoms with Gasteiger partial charge in [0.25, 0.3) is 5.89 Å². The normalized spacial score (nSPS) is 17.0. The zero-order valence-electron chi connectivity index (χ0n) is 16.3. The predicted octanol–water partition coefficient (Wildman–Crippen LogP) is 4.83. The number of rotatable bonds is 5. The highest BCUT2D eigenvalue weighted by molar-refractivity contribution is 5.79. The van der Waals surface area contributed by atoms with Crippen molar-refractivity contribution in [2.45, 2.75) is 38.4 Å². The number of hydrogen-bond acceptors (Lipinski definition) is 4. The monoisotopic (exact) mass is 415 g/mol. The van der Waals surface area contributed by atoms with Gasteiger partial charge in [0.1, 0.15) is 0 Å². The van der Waals surface area contributed by atoms with E-state index in [9.17, 15) is 18.0 Å². The van der Waals surface area contributed by atoms with Crippen molar-refractivity contribution in [3.05, 3.63) is 71.0 Å². The number of benzene rings is 2. The van der Waals surface area contributed by atoms with Gasteiger partial charge in [-0.2, -0.15) is 18.2 Å². The Morgan fingerprint density at radius 1 is 1.13 bits per heavy atom. The van der Waals surface area contributed by atoms with Crippen LogP contribution in [0.2, 0.25) is 0 Å². The van der Waals surface area contributed by atoms with Crippen LogP contribution in [0.5, 0.6) is 0 Å². The lowest BCUT2D eigenvalue weighted by Crippen LogP contribution is -2.26. The van der Waals surface area contributed by atoms with Gasteiger partial charge in [0.05, 0.1) is 5.56 Å². The molecule has 1 aliphatic heterocycles. The minimum atomic E-state index is -4.46. The molecule has 0 aliphatic carbocycles. The van der Waals surface area contributed by atoms with E-state index in [0.29, 0.717) is 11.7 Å². The molecule has 1 aliphatic rings. The van der Waals surface area contributed by atoms with Crippen LogP contribution in [0.25, 0.3) is 11.5 Å². The number of aryl methyl sites for hydroxylation is 1. The van der Waals surface area contributed by atoms with Crippen LogP contribution in [0.4, 0.5) is 13.2 Å². The van der Waals surface area contributed by atoms with Crippen molar-refractivity contribution in [1.82, 2.24) is 15.0 Å². The van der Waals surface area contributed by atoms with E-state index in [0.717, 1.165) is 18.1 Å². The lowest BCUT2D eigenvalue weighted by molar-refractivity contribution is -0.139. The molecule has 1 atom stereocenters. The number of hydrogen-bond donors (Lipinski definition) is 0. The van der Waals surface area contributed by atoms with E-state index in [1.54, 1.807) is 0 Å². The second-order valence-electron chi connectivity index (χ2n) is 7.34. The summed E-state index contributed by atoms with van der Waals surface area (Å²) >= 11 is 0. The molecule has 30 heavy (non-hydrogen) atoms. The van der Waals surface area contributed by atoms with E-state index in [-0.39, 0.29) is 36.9 Å². The van der Waals surface area contributed by atoms with Crippen molar-refractivity contribution in [1.29, 1.82) is 0 Å². The summed E-state index contributed by atoms with van der Waals surface area (Å²) < 4.78 is 45.1. The van der Waals surface area contributed by atoms with Gasteiger partial charge < -0.3 is 9.42 Å². The van der Waals surface area contributed by atoms with Gasteiger partial charge in [0, 0.05) is 31.0 Å². The van der Waals surface area contributed by atoms with Gasteiger partial charge >= 0.3 is 6.18 Å². The summed E-state index contributed by atoms with van der Waals surface area (Å²) in [4.78, 5) is 18.3. The Kier molecular flexibility index (Phi) is 5.32. The largest absolute Gasteiger partial charge is 0.416 e. The molecule has 3 aromatic rings. The molecule has 0 spiro atoms. The zero-order chi connectivity index (χ0) is 21.3. The summed E-state index contributed by atoms with van der Waals surface area (Å²) in [5.41, 5.74) is 1.32. The molecule has 1 saturated heterocycles. The lowest BCUT2D eigenvalue weighted by Gasteiger charge is -2.19. The number of carbonyl (C=O) groups excluding carboxylic acids is 1. The third-order valence-corrected chi connectivity index (χ3v) is 5.31. The Bertz CT molecular complexity index is 1040. The van der Waals surface area contributed by atoms with Gasteiger partial charge in [0.15, 0.2) is 5.82 Å². The highest BCUT2D eigenvalue weighted by Gasteiger charge is 2.37. The predicted molar refractivity (Wildman–Crippen MR) is 103 cm³/mol. The molecule has 5 nitrogen and oxygen atoms in total. The number of nitrogens with zero attached hydrogens (tertiary/aromatic N) is 3. The Morgan fingerprint density at radius 3 is 2.57 bits per heavy atom. The van der Waals surface area contributed by atoms with Crippen molar-refractivity contribution in [2.75, 3.05) is 6.54 Å². The first-order valence-electron chi connectivity index (χ1n) is 9.71. The first-order valence-corrected chi connectivity index (χ1v) is 9.71. The van der Waals surface area contributed by atoms with Gasteiger partial charge in [-0.3, -0.25) is 4.79 Å². The van der Waals surface area contributed by atoms with Crippen LogP contribution < -0.4 is 0 Å². The molecule has 1 unspecified atom stereocenters. The van der Waals surface area contributed by atoms with E-state index in [1.807, 2.05) is 24.3 Å². The molecule has 0 saturated carbocycles. The third-order valence-electron chi connectivity index (χ3n) is 5.31. The first kappa shape index (κ1) is 20.1. The van der Waals surface area contributed by atoms with Gasteiger partial charge in [-0.15, -0.1) is 0 Å². The molecule has 0 radical (unpaired) electrons. The summed E-state index contributed by atoms with van der Waals surface area (Å²) in [7, 11) is 0. The maximum atomic E-state index is 13.2. The standard InChI is InChI=1S/C22H20F3N3O2/c1-2-14-7-9-15(10-8-14)21-26-20(27-30-21)17-11-19(29)28(13-17)12-16-5-3-4-6-18(16)22(23,24)25/h3-10,17H,2,11-13H2,1H3. The van der Waals surface area contributed by atoms with Crippen molar-refractivity contribution >= 4 is 5.91 Å². The molecule has 156 valence electrons. The molecule has 1 amide bonds. The quantitative estimate of drug-likeness (QED) is 0.599. The fourth-order valence-electron chi connectivity index (χ4n) is 3.64. The van der Waals surface area contributed by atoms with Gasteiger partial charge in [-0.05, 0) is 35.7 Å². The summed E-state index contributed by atoms with van der Waals surface area (Å²) in [6, 6.07) is 13.1. The molecule has 0 bridgehead atoms. The number of alkyl halides is 3. The first-order chi connectivity index (χ1) is 14.3. The SMILES string of the molecule is CCc1ccc(-c2nc(C3CC(=O)N(Cc4ccccc4C(F)(F)F)C3)no2)cc1. The van der Waals surface area contributed by atoms with Crippen LogP contribution in [0.3, 0.4) is 0 Å². The molecule has 2 heterocycles. The number of amides is 1. The summed E-state index contributed by atoms with van der Waals surface area (Å²) in [5.74, 6) is 0.212. The number of halogens is 3. The van der Waals surface area contributed by atoms with Crippen molar-refractivity contribution < 1.29 is 22.5 Å². The summed E-state index contributed by atoms with van der Waals surface area (Å²) in [5, 5.41) is 4.00. The maximum Gasteiger partial charge on any atom is 0.416 e. The molecule has 1 aromatic heterocycles. The van der Waals surface area contributed by atoms with Crippen LogP contribution in [-0.2, 0) is 23.9 Å². The molecule has 2 aromatic carbocycles. The molecule has 1 fully saturated rings. The minimum Gasteiger partial charge on any atom is -0.338 e. The van der Waals surface area contributed by atoms with Crippen LogP contribution in [0.1, 0.15) is 41.8 Å². The van der Waals surface area contributed by atoms with Crippen molar-refractivity contribution in [2.24, 2.45) is 0 Å². The van der Waals surface area contributed by atoms with Crippen LogP contribution in [0, 0.1) is 0 Å². The molecule has 0 N–H and O–H groups in total. The highest BCUT2D eigenvalue weighted by Crippen LogP contribution is 2.34. The van der Waals surface area contributed by atoms with E-state index in [1.165, 1.54) is 28.7 Å². The Balaban J connectivity index is 1.49. The van der Waals surface area contributed by atoms with E-state index >= 15 is 0 Å². The van der Waals surface area contributed by atoms with Gasteiger partial charge in [-0.1, -0.05) is 42.4 Å². The Hall–Kier alpha value is -3.16. The summed E-state index contributed by atoms with van der Waals surface area (Å²) in [6.45, 7) is 2.21. The fraction of sp³-hybridized carbons (Fsp3) is 0.318. The average Bonchev–Trinajstić information content (AvgIpc) is 3.35. The second-order valence-corrected chi connectivity index (χ2v) is 7.34. The van der Waals surface area contributed by atoms with E-state index < -0.39 is 11.7 Å². The average molecular weight is 415 g/mol. The fourth-order valence-corrected chi connectivity index (χ4v) is 3.64. The van der Waals surface area contributed by atoms with Crippen LogP contribution >= 0.6 is 0 Å². The number of carbonyl (C=O) groups is 1. The Morgan fingerprint density at radius 2 is 1.87 bits per heavy atom. The summed E-state index contributed by atoms with van der Waals surface area (Å²) in [6.07, 6.45) is -3.40. The highest BCUT2D eigenvalue weighted by atomic mass is 19.4. The van der Waals surface area contributed by atoms with E-state index in [2.05, 4.69) is 17.1 Å². The zero-order valence-corrected chi connectivity index (χ0v) is 16.3. The number of likely N-dealkylation sites (tertiary alicyclic amines) is 1. The third kappa shape index (κ3) is 4.08. The van der Waals surface area contributed by atoms with Gasteiger partial charge in [-0.25, -0.2) is 0 Å². The minimum absolute atomic E-state index is 0.0730. The van der Waals surface area contributed by atoms with Crippen molar-refractivity contribution in [3.63, 3.8) is 0 Å². The maximum absolute atomic E-state index is 13.2. The Labute approximate surface area is 171 Å². The molecule has 8 heteroatoms. The lowest BCUT2D eigenvalue weighted by atomic mass is 10.1. The molecular weight excluding hydrogens is 395 g/mol. The van der Waals surface area contributed by atoms with Crippen molar-refractivity contribution in [3.8, 4) is 11.5 Å². The second kappa shape index (κ2) is 7.93.